The first-order chi connectivity index (χ1) is 9.93. The topological polar surface area (TPSA) is 66.4 Å². The van der Waals surface area contributed by atoms with E-state index in [1.165, 1.54) is 11.3 Å². The number of hydrogen-bond acceptors (Lipinski definition) is 4. The molecule has 0 unspecified atom stereocenters. The highest BCUT2D eigenvalue weighted by molar-refractivity contribution is 9.10. The molecule has 0 saturated carbocycles. The standard InChI is InChI=1S/C15H12BrNO3S/c1-8-4-5-9-12(13(8)16)15(20,14(19)17-9)7-10(18)11-3-2-6-21-11/h2-6,20H,7H2,1H3,(H,17,19)/t15-/m0/s1. The minimum Gasteiger partial charge on any atom is -0.375 e. The largest absolute Gasteiger partial charge is 0.375 e. The van der Waals surface area contributed by atoms with Crippen LogP contribution >= 0.6 is 27.3 Å². The number of anilines is 1. The number of carbonyl (C=O) groups is 2. The molecule has 1 aromatic heterocycles. The number of aryl methyl sites for hydroxylation is 1. The molecule has 6 heteroatoms. The zero-order chi connectivity index (χ0) is 15.2. The van der Waals surface area contributed by atoms with Gasteiger partial charge in [0.2, 0.25) is 0 Å². The van der Waals surface area contributed by atoms with Gasteiger partial charge in [0.15, 0.2) is 11.4 Å². The Bertz CT molecular complexity index is 742. The second kappa shape index (κ2) is 5.05. The van der Waals surface area contributed by atoms with Crippen molar-refractivity contribution < 1.29 is 14.7 Å². The number of benzene rings is 1. The molecule has 108 valence electrons. The van der Waals surface area contributed by atoms with Crippen LogP contribution < -0.4 is 5.32 Å². The first-order valence-electron chi connectivity index (χ1n) is 6.33. The van der Waals surface area contributed by atoms with E-state index in [0.717, 1.165) is 5.56 Å². The maximum Gasteiger partial charge on any atom is 0.261 e. The quantitative estimate of drug-likeness (QED) is 0.820. The average Bonchev–Trinajstić information content (AvgIpc) is 3.03. The lowest BCUT2D eigenvalue weighted by molar-refractivity contribution is -0.133. The molecule has 1 aromatic carbocycles. The minimum atomic E-state index is -1.83. The van der Waals surface area contributed by atoms with E-state index in [2.05, 4.69) is 21.2 Å². The van der Waals surface area contributed by atoms with Crippen LogP contribution in [0.3, 0.4) is 0 Å². The van der Waals surface area contributed by atoms with Crippen molar-refractivity contribution in [3.8, 4) is 0 Å². The molecular formula is C15H12BrNO3S. The van der Waals surface area contributed by atoms with Gasteiger partial charge in [-0.15, -0.1) is 11.3 Å². The van der Waals surface area contributed by atoms with Gasteiger partial charge in [0, 0.05) is 15.7 Å². The van der Waals surface area contributed by atoms with Gasteiger partial charge in [0.25, 0.3) is 5.91 Å². The Morgan fingerprint density at radius 2 is 2.19 bits per heavy atom. The SMILES string of the molecule is Cc1ccc2c(c1Br)[C@@](O)(CC(=O)c1cccs1)C(=O)N2. The second-order valence-electron chi connectivity index (χ2n) is 5.01. The van der Waals surface area contributed by atoms with Gasteiger partial charge in [0.05, 0.1) is 11.3 Å². The van der Waals surface area contributed by atoms with Gasteiger partial charge in [0.1, 0.15) is 0 Å². The lowest BCUT2D eigenvalue weighted by Gasteiger charge is -2.21. The summed E-state index contributed by atoms with van der Waals surface area (Å²) in [4.78, 5) is 25.0. The Labute approximate surface area is 133 Å². The van der Waals surface area contributed by atoms with Crippen LogP contribution in [0, 0.1) is 6.92 Å². The van der Waals surface area contributed by atoms with Crippen molar-refractivity contribution in [2.24, 2.45) is 0 Å². The molecule has 2 aromatic rings. The van der Waals surface area contributed by atoms with E-state index >= 15 is 0 Å². The van der Waals surface area contributed by atoms with Gasteiger partial charge in [-0.05, 0) is 30.0 Å². The highest BCUT2D eigenvalue weighted by Gasteiger charge is 2.48. The molecule has 0 fully saturated rings. The van der Waals surface area contributed by atoms with Crippen LogP contribution in [0.4, 0.5) is 5.69 Å². The zero-order valence-electron chi connectivity index (χ0n) is 11.1. The van der Waals surface area contributed by atoms with Crippen LogP contribution in [-0.2, 0) is 10.4 Å². The molecule has 2 N–H and O–H groups in total. The van der Waals surface area contributed by atoms with E-state index in [4.69, 9.17) is 0 Å². The highest BCUT2D eigenvalue weighted by atomic mass is 79.9. The summed E-state index contributed by atoms with van der Waals surface area (Å²) >= 11 is 4.71. The number of hydrogen-bond donors (Lipinski definition) is 2. The summed E-state index contributed by atoms with van der Waals surface area (Å²) in [7, 11) is 0. The third kappa shape index (κ3) is 2.23. The lowest BCUT2D eigenvalue weighted by Crippen LogP contribution is -2.36. The van der Waals surface area contributed by atoms with Crippen molar-refractivity contribution in [1.82, 2.24) is 0 Å². The highest BCUT2D eigenvalue weighted by Crippen LogP contribution is 2.44. The molecular weight excluding hydrogens is 354 g/mol. The zero-order valence-corrected chi connectivity index (χ0v) is 13.5. The number of fused-ring (bicyclic) bond motifs is 1. The summed E-state index contributed by atoms with van der Waals surface area (Å²) in [6, 6.07) is 7.04. The summed E-state index contributed by atoms with van der Waals surface area (Å²) in [6.45, 7) is 1.87. The monoisotopic (exact) mass is 365 g/mol. The normalized spacial score (nSPS) is 20.2. The van der Waals surface area contributed by atoms with Crippen LogP contribution in [0.5, 0.6) is 0 Å². The number of nitrogens with one attached hydrogen (secondary N) is 1. The second-order valence-corrected chi connectivity index (χ2v) is 6.75. The van der Waals surface area contributed by atoms with Crippen LogP contribution in [-0.4, -0.2) is 16.8 Å². The lowest BCUT2D eigenvalue weighted by atomic mass is 9.88. The Morgan fingerprint density at radius 1 is 1.43 bits per heavy atom. The van der Waals surface area contributed by atoms with Gasteiger partial charge >= 0.3 is 0 Å². The number of ketones is 1. The molecule has 4 nitrogen and oxygen atoms in total. The molecule has 21 heavy (non-hydrogen) atoms. The maximum atomic E-state index is 12.3. The first-order valence-corrected chi connectivity index (χ1v) is 8.01. The van der Waals surface area contributed by atoms with Gasteiger partial charge < -0.3 is 10.4 Å². The molecule has 3 rings (SSSR count). The number of thiophene rings is 1. The molecule has 0 saturated heterocycles. The molecule has 0 spiro atoms. The van der Waals surface area contributed by atoms with Crippen LogP contribution in [0.15, 0.2) is 34.1 Å². The fraction of sp³-hybridized carbons (Fsp3) is 0.200. The predicted octanol–water partition coefficient (Wildman–Crippen LogP) is 3.23. The van der Waals surface area contributed by atoms with E-state index < -0.39 is 11.5 Å². The van der Waals surface area contributed by atoms with Crippen LogP contribution in [0.2, 0.25) is 0 Å². The first kappa shape index (κ1) is 14.4. The van der Waals surface area contributed by atoms with E-state index in [9.17, 15) is 14.7 Å². The van der Waals surface area contributed by atoms with Gasteiger partial charge in [-0.2, -0.15) is 0 Å². The van der Waals surface area contributed by atoms with Crippen LogP contribution in [0.1, 0.15) is 27.2 Å². The Morgan fingerprint density at radius 3 is 2.86 bits per heavy atom. The number of carbonyl (C=O) groups excluding carboxylic acids is 2. The third-order valence-electron chi connectivity index (χ3n) is 3.58. The summed E-state index contributed by atoms with van der Waals surface area (Å²) in [5.74, 6) is -0.808. The molecule has 1 amide bonds. The summed E-state index contributed by atoms with van der Waals surface area (Å²) in [6.07, 6.45) is -0.269. The number of Topliss-reactive ketones (excluding diaryl/α,β-unsaturated/α-hetero) is 1. The fourth-order valence-corrected chi connectivity index (χ4v) is 3.79. The molecule has 0 bridgehead atoms. The van der Waals surface area contributed by atoms with E-state index in [0.29, 0.717) is 20.6 Å². The molecule has 2 heterocycles. The van der Waals surface area contributed by atoms with E-state index in [-0.39, 0.29) is 12.2 Å². The minimum absolute atomic E-state index is 0.246. The fourth-order valence-electron chi connectivity index (χ4n) is 2.45. The number of rotatable bonds is 3. The van der Waals surface area contributed by atoms with Gasteiger partial charge in [-0.3, -0.25) is 9.59 Å². The van der Waals surface area contributed by atoms with Crippen molar-refractivity contribution >= 4 is 44.6 Å². The van der Waals surface area contributed by atoms with E-state index in [1.54, 1.807) is 23.6 Å². The van der Waals surface area contributed by atoms with Gasteiger partial charge in [-0.25, -0.2) is 0 Å². The Kier molecular flexibility index (Phi) is 3.47. The number of aliphatic hydroxyl groups is 1. The molecule has 0 radical (unpaired) electrons. The van der Waals surface area contributed by atoms with Crippen LogP contribution in [0.25, 0.3) is 0 Å². The predicted molar refractivity (Wildman–Crippen MR) is 84.7 cm³/mol. The molecule has 1 aliphatic heterocycles. The van der Waals surface area contributed by atoms with Crippen molar-refractivity contribution in [3.63, 3.8) is 0 Å². The summed E-state index contributed by atoms with van der Waals surface area (Å²) in [5, 5.41) is 15.3. The summed E-state index contributed by atoms with van der Waals surface area (Å²) < 4.78 is 0.653. The Balaban J connectivity index is 2.04. The molecule has 1 aliphatic rings. The summed E-state index contributed by atoms with van der Waals surface area (Å²) in [5.41, 5.74) is 0.0463. The number of amides is 1. The average molecular weight is 366 g/mol. The van der Waals surface area contributed by atoms with Crippen molar-refractivity contribution in [3.05, 3.63) is 50.1 Å². The van der Waals surface area contributed by atoms with Gasteiger partial charge in [-0.1, -0.05) is 28.1 Å². The third-order valence-corrected chi connectivity index (χ3v) is 5.52. The number of halogens is 1. The Hall–Kier alpha value is -1.50. The van der Waals surface area contributed by atoms with E-state index in [1.807, 2.05) is 13.0 Å². The smallest absolute Gasteiger partial charge is 0.261 e. The maximum absolute atomic E-state index is 12.3. The molecule has 1 atom stereocenters. The molecule has 0 aliphatic carbocycles. The van der Waals surface area contributed by atoms with Crippen molar-refractivity contribution in [1.29, 1.82) is 0 Å². The van der Waals surface area contributed by atoms with Crippen molar-refractivity contribution in [2.45, 2.75) is 18.9 Å². The van der Waals surface area contributed by atoms with Crippen molar-refractivity contribution in [2.75, 3.05) is 5.32 Å².